The molecular weight excluding hydrogens is 415 g/mol. The van der Waals surface area contributed by atoms with Gasteiger partial charge in [-0.25, -0.2) is 9.37 Å². The number of hydrogen-bond acceptors (Lipinski definition) is 3. The number of fused-ring (bicyclic) bond motifs is 1. The largest absolute Gasteiger partial charge is 0.358 e. The molecule has 5 nitrogen and oxygen atoms in total. The van der Waals surface area contributed by atoms with Gasteiger partial charge in [0.25, 0.3) is 5.56 Å². The highest BCUT2D eigenvalue weighted by Gasteiger charge is 2.28. The molecule has 1 N–H and O–H groups in total. The first-order chi connectivity index (χ1) is 16.0. The van der Waals surface area contributed by atoms with Gasteiger partial charge in [-0.1, -0.05) is 29.8 Å². The van der Waals surface area contributed by atoms with Crippen molar-refractivity contribution in [3.05, 3.63) is 100 Å². The van der Waals surface area contributed by atoms with Gasteiger partial charge >= 0.3 is 0 Å². The molecule has 0 bridgehead atoms. The van der Waals surface area contributed by atoms with E-state index in [4.69, 9.17) is 4.98 Å². The standard InChI is InChI=1S/C27H27FN4O/c1-19-7-11-22(12-8-19)31-16-15-30(17-20(31)2)18-26-29-25-6-4-3-5-24(25)27(33)32(26)23-13-9-21(28)10-14-23/h3-14,20H,15-18H2,1-2H3/p+1/t20-/m0/s1. The summed E-state index contributed by atoms with van der Waals surface area (Å²) in [6, 6.07) is 22.5. The van der Waals surface area contributed by atoms with Crippen LogP contribution in [0, 0.1) is 12.7 Å². The van der Waals surface area contributed by atoms with E-state index in [0.29, 0.717) is 35.0 Å². The fraction of sp³-hybridized carbons (Fsp3) is 0.259. The molecule has 5 rings (SSSR count). The highest BCUT2D eigenvalue weighted by Crippen LogP contribution is 2.18. The predicted molar refractivity (Wildman–Crippen MR) is 130 cm³/mol. The van der Waals surface area contributed by atoms with Crippen LogP contribution in [0.25, 0.3) is 16.6 Å². The lowest BCUT2D eigenvalue weighted by Crippen LogP contribution is -3.14. The second-order valence-electron chi connectivity index (χ2n) is 8.92. The van der Waals surface area contributed by atoms with Gasteiger partial charge in [0.15, 0.2) is 5.82 Å². The van der Waals surface area contributed by atoms with E-state index in [9.17, 15) is 9.18 Å². The van der Waals surface area contributed by atoms with Crippen LogP contribution in [-0.4, -0.2) is 35.2 Å². The van der Waals surface area contributed by atoms with Crippen LogP contribution in [0.1, 0.15) is 18.3 Å². The molecule has 1 saturated heterocycles. The number of halogens is 1. The Morgan fingerprint density at radius 3 is 2.42 bits per heavy atom. The Morgan fingerprint density at radius 1 is 1.00 bits per heavy atom. The smallest absolute Gasteiger partial charge is 0.266 e. The summed E-state index contributed by atoms with van der Waals surface area (Å²) >= 11 is 0. The van der Waals surface area contributed by atoms with Crippen LogP contribution in [0.4, 0.5) is 10.1 Å². The minimum atomic E-state index is -0.325. The zero-order valence-corrected chi connectivity index (χ0v) is 19.0. The molecule has 0 amide bonds. The Labute approximate surface area is 192 Å². The summed E-state index contributed by atoms with van der Waals surface area (Å²) in [4.78, 5) is 22.1. The number of quaternary nitrogens is 1. The van der Waals surface area contributed by atoms with Crippen molar-refractivity contribution in [1.29, 1.82) is 0 Å². The molecule has 1 unspecified atom stereocenters. The summed E-state index contributed by atoms with van der Waals surface area (Å²) < 4.78 is 15.2. The van der Waals surface area contributed by atoms with Crippen LogP contribution in [0.2, 0.25) is 0 Å². The quantitative estimate of drug-likeness (QED) is 0.527. The maximum Gasteiger partial charge on any atom is 0.266 e. The molecule has 33 heavy (non-hydrogen) atoms. The molecule has 1 aromatic heterocycles. The lowest BCUT2D eigenvalue weighted by Gasteiger charge is -2.39. The minimum Gasteiger partial charge on any atom is -0.358 e. The van der Waals surface area contributed by atoms with E-state index in [1.165, 1.54) is 28.3 Å². The van der Waals surface area contributed by atoms with Crippen molar-refractivity contribution in [3.63, 3.8) is 0 Å². The van der Waals surface area contributed by atoms with Gasteiger partial charge in [0, 0.05) is 5.69 Å². The van der Waals surface area contributed by atoms with Crippen LogP contribution in [0.15, 0.2) is 77.6 Å². The van der Waals surface area contributed by atoms with Crippen molar-refractivity contribution < 1.29 is 9.29 Å². The molecule has 0 radical (unpaired) electrons. The molecule has 1 fully saturated rings. The van der Waals surface area contributed by atoms with E-state index >= 15 is 0 Å². The second kappa shape index (κ2) is 8.79. The van der Waals surface area contributed by atoms with Crippen molar-refractivity contribution in [2.24, 2.45) is 0 Å². The van der Waals surface area contributed by atoms with Gasteiger partial charge in [-0.15, -0.1) is 0 Å². The normalized spacial score (nSPS) is 18.6. The van der Waals surface area contributed by atoms with Crippen molar-refractivity contribution in [2.45, 2.75) is 26.4 Å². The van der Waals surface area contributed by atoms with Crippen molar-refractivity contribution >= 4 is 16.6 Å². The third kappa shape index (κ3) is 4.26. The minimum absolute atomic E-state index is 0.118. The van der Waals surface area contributed by atoms with Crippen molar-refractivity contribution in [2.75, 3.05) is 24.5 Å². The number of para-hydroxylation sites is 1. The van der Waals surface area contributed by atoms with Gasteiger partial charge in [0.05, 0.1) is 42.3 Å². The summed E-state index contributed by atoms with van der Waals surface area (Å²) in [5.74, 6) is 0.380. The molecule has 168 valence electrons. The van der Waals surface area contributed by atoms with E-state index < -0.39 is 0 Å². The fourth-order valence-electron chi connectivity index (χ4n) is 4.79. The number of aromatic nitrogens is 2. The Morgan fingerprint density at radius 2 is 1.70 bits per heavy atom. The number of anilines is 1. The summed E-state index contributed by atoms with van der Waals surface area (Å²) in [7, 11) is 0. The number of nitrogens with zero attached hydrogens (tertiary/aromatic N) is 3. The van der Waals surface area contributed by atoms with Gasteiger partial charge in [-0.3, -0.25) is 9.36 Å². The zero-order valence-electron chi connectivity index (χ0n) is 19.0. The van der Waals surface area contributed by atoms with E-state index in [2.05, 4.69) is 43.0 Å². The number of aryl methyl sites for hydroxylation is 1. The molecule has 6 heteroatoms. The molecule has 0 saturated carbocycles. The van der Waals surface area contributed by atoms with Crippen LogP contribution in [-0.2, 0) is 6.54 Å². The van der Waals surface area contributed by atoms with Crippen LogP contribution in [0.5, 0.6) is 0 Å². The predicted octanol–water partition coefficient (Wildman–Crippen LogP) is 3.13. The summed E-state index contributed by atoms with van der Waals surface area (Å²) in [6.07, 6.45) is 0. The Bertz CT molecular complexity index is 1330. The second-order valence-corrected chi connectivity index (χ2v) is 8.92. The number of piperazine rings is 1. The molecule has 4 aromatic rings. The van der Waals surface area contributed by atoms with E-state index in [1.807, 2.05) is 18.2 Å². The first kappa shape index (κ1) is 21.3. The van der Waals surface area contributed by atoms with E-state index in [-0.39, 0.29) is 11.4 Å². The highest BCUT2D eigenvalue weighted by molar-refractivity contribution is 5.77. The molecule has 2 heterocycles. The monoisotopic (exact) mass is 443 g/mol. The Balaban J connectivity index is 1.46. The van der Waals surface area contributed by atoms with Gasteiger partial charge in [-0.2, -0.15) is 0 Å². The molecule has 2 atom stereocenters. The first-order valence-electron chi connectivity index (χ1n) is 11.4. The summed E-state index contributed by atoms with van der Waals surface area (Å²) in [6.45, 7) is 7.81. The van der Waals surface area contributed by atoms with Crippen LogP contribution in [0.3, 0.4) is 0 Å². The van der Waals surface area contributed by atoms with Gasteiger partial charge in [-0.05, 0) is 62.4 Å². The fourth-order valence-corrected chi connectivity index (χ4v) is 4.79. The van der Waals surface area contributed by atoms with Gasteiger partial charge < -0.3 is 9.80 Å². The van der Waals surface area contributed by atoms with Crippen LogP contribution >= 0.6 is 0 Å². The van der Waals surface area contributed by atoms with Gasteiger partial charge in [0.1, 0.15) is 12.4 Å². The topological polar surface area (TPSA) is 42.6 Å². The number of nitrogens with one attached hydrogen (secondary N) is 1. The van der Waals surface area contributed by atoms with Crippen molar-refractivity contribution in [1.82, 2.24) is 9.55 Å². The number of rotatable bonds is 4. The molecule has 0 aliphatic carbocycles. The molecule has 1 aliphatic heterocycles. The van der Waals surface area contributed by atoms with Crippen LogP contribution < -0.4 is 15.4 Å². The van der Waals surface area contributed by atoms with Gasteiger partial charge in [0.2, 0.25) is 0 Å². The van der Waals surface area contributed by atoms with Crippen molar-refractivity contribution in [3.8, 4) is 5.69 Å². The Kier molecular flexibility index (Phi) is 5.68. The number of hydrogen-bond donors (Lipinski definition) is 1. The summed E-state index contributed by atoms with van der Waals surface area (Å²) in [5.41, 5.74) is 3.73. The molecule has 3 aromatic carbocycles. The number of benzene rings is 3. The lowest BCUT2D eigenvalue weighted by molar-refractivity contribution is -0.917. The van der Waals surface area contributed by atoms with E-state index in [1.54, 1.807) is 22.8 Å². The maximum atomic E-state index is 13.6. The Hall–Kier alpha value is -3.51. The molecular formula is C27H28FN4O+. The maximum absolute atomic E-state index is 13.6. The lowest BCUT2D eigenvalue weighted by atomic mass is 10.1. The highest BCUT2D eigenvalue weighted by atomic mass is 19.1. The average molecular weight is 444 g/mol. The average Bonchev–Trinajstić information content (AvgIpc) is 2.81. The molecule has 1 aliphatic rings. The van der Waals surface area contributed by atoms with E-state index in [0.717, 1.165) is 19.6 Å². The zero-order chi connectivity index (χ0) is 22.9. The third-order valence-corrected chi connectivity index (χ3v) is 6.53. The molecule has 0 spiro atoms. The first-order valence-corrected chi connectivity index (χ1v) is 11.4. The summed E-state index contributed by atoms with van der Waals surface area (Å²) in [5, 5.41) is 0.568. The SMILES string of the molecule is Cc1ccc(N2CC[NH+](Cc3nc4ccccc4c(=O)n3-c3ccc(F)cc3)C[C@@H]2C)cc1. The third-order valence-electron chi connectivity index (χ3n) is 6.53.